The molecule has 45 heavy (non-hydrogen) atoms. The maximum atomic E-state index is 12.8. The smallest absolute Gasteiger partial charge is 0.416 e. The largest absolute Gasteiger partial charge is 0.493 e. The van der Waals surface area contributed by atoms with E-state index in [-0.39, 0.29) is 31.3 Å². The van der Waals surface area contributed by atoms with Crippen LogP contribution in [0.1, 0.15) is 63.4 Å². The number of anilines is 1. The summed E-state index contributed by atoms with van der Waals surface area (Å²) in [7, 11) is 0. The van der Waals surface area contributed by atoms with Gasteiger partial charge in [0, 0.05) is 35.8 Å². The Morgan fingerprint density at radius 2 is 1.87 bits per heavy atom. The van der Waals surface area contributed by atoms with Crippen molar-refractivity contribution in [3.05, 3.63) is 77.6 Å². The number of amides is 1. The number of fused-ring (bicyclic) bond motifs is 3. The Kier molecular flexibility index (Phi) is 8.56. The maximum Gasteiger partial charge on any atom is 0.416 e. The molecule has 0 saturated carbocycles. The summed E-state index contributed by atoms with van der Waals surface area (Å²) >= 11 is 0. The van der Waals surface area contributed by atoms with E-state index in [1.165, 1.54) is 0 Å². The molecule has 2 aromatic carbocycles. The monoisotopic (exact) mass is 613 g/mol. The lowest BCUT2D eigenvalue weighted by Crippen LogP contribution is -2.40. The van der Waals surface area contributed by atoms with Crippen molar-refractivity contribution in [3.63, 3.8) is 0 Å². The zero-order valence-electron chi connectivity index (χ0n) is 26.2. The fourth-order valence-electron chi connectivity index (χ4n) is 5.76. The van der Waals surface area contributed by atoms with Gasteiger partial charge in [-0.05, 0) is 94.1 Å². The SMILES string of the molecule is CCOC(=O)CC(c1ccc2c(c1)OCO2)n1ccc2cc(OCCc3ccc4c(n3)N(C(=O)OC(C)(C)C)CCC4)ccc21. The van der Waals surface area contributed by atoms with Crippen molar-refractivity contribution in [2.24, 2.45) is 0 Å². The fraction of sp³-hybridized carbons (Fsp3) is 0.400. The standard InChI is InChI=1S/C35H39N3O7/c1-5-41-32(39)21-29(24-9-13-30-31(20-24)44-22-43-30)37-17-14-25-19-27(11-12-28(25)37)42-18-15-26-10-8-23-7-6-16-38(33(23)36-26)34(40)45-35(2,3)4/h8-14,17,19-20,29H,5-7,15-16,18,21-22H2,1-4H3. The summed E-state index contributed by atoms with van der Waals surface area (Å²) in [5.74, 6) is 2.50. The van der Waals surface area contributed by atoms with Gasteiger partial charge in [-0.3, -0.25) is 9.69 Å². The van der Waals surface area contributed by atoms with Crippen molar-refractivity contribution in [3.8, 4) is 17.2 Å². The Labute approximate surface area is 262 Å². The second kappa shape index (κ2) is 12.7. The minimum absolute atomic E-state index is 0.175. The Balaban J connectivity index is 1.16. The highest BCUT2D eigenvalue weighted by Gasteiger charge is 2.29. The number of ether oxygens (including phenoxy) is 5. The molecule has 0 fully saturated rings. The lowest BCUT2D eigenvalue weighted by atomic mass is 10.0. The van der Waals surface area contributed by atoms with Crippen LogP contribution in [0.25, 0.3) is 10.9 Å². The highest BCUT2D eigenvalue weighted by Crippen LogP contribution is 2.37. The van der Waals surface area contributed by atoms with Crippen LogP contribution in [0.3, 0.4) is 0 Å². The first kappa shape index (κ1) is 30.3. The third-order valence-electron chi connectivity index (χ3n) is 7.81. The second-order valence-corrected chi connectivity index (χ2v) is 12.2. The molecule has 0 radical (unpaired) electrons. The van der Waals surface area contributed by atoms with Crippen LogP contribution < -0.4 is 19.1 Å². The van der Waals surface area contributed by atoms with Gasteiger partial charge in [0.05, 0.1) is 25.7 Å². The van der Waals surface area contributed by atoms with E-state index in [9.17, 15) is 9.59 Å². The lowest BCUT2D eigenvalue weighted by Gasteiger charge is -2.31. The molecule has 10 heteroatoms. The average Bonchev–Trinajstić information content (AvgIpc) is 3.65. The zero-order chi connectivity index (χ0) is 31.6. The minimum Gasteiger partial charge on any atom is -0.493 e. The van der Waals surface area contributed by atoms with Crippen molar-refractivity contribution in [2.75, 3.05) is 31.5 Å². The molecule has 2 aliphatic rings. The van der Waals surface area contributed by atoms with Crippen molar-refractivity contribution < 1.29 is 33.3 Å². The molecule has 0 bridgehead atoms. The Morgan fingerprint density at radius 1 is 1.02 bits per heavy atom. The summed E-state index contributed by atoms with van der Waals surface area (Å²) in [4.78, 5) is 31.9. The highest BCUT2D eigenvalue weighted by molar-refractivity contribution is 5.88. The second-order valence-electron chi connectivity index (χ2n) is 12.2. The van der Waals surface area contributed by atoms with Crippen LogP contribution in [-0.2, 0) is 27.1 Å². The number of esters is 1. The fourth-order valence-corrected chi connectivity index (χ4v) is 5.76. The normalized spacial score (nSPS) is 14.6. The van der Waals surface area contributed by atoms with E-state index in [1.54, 1.807) is 11.8 Å². The average molecular weight is 614 g/mol. The van der Waals surface area contributed by atoms with Gasteiger partial charge in [0.15, 0.2) is 11.5 Å². The Bertz CT molecular complexity index is 1710. The molecule has 236 valence electrons. The highest BCUT2D eigenvalue weighted by atomic mass is 16.7. The van der Waals surface area contributed by atoms with Crippen molar-refractivity contribution in [1.82, 2.24) is 9.55 Å². The molecule has 10 nitrogen and oxygen atoms in total. The van der Waals surface area contributed by atoms with Crippen LogP contribution in [0.5, 0.6) is 17.2 Å². The number of carbonyl (C=O) groups excluding carboxylic acids is 2. The molecule has 1 atom stereocenters. The molecule has 2 aliphatic heterocycles. The van der Waals surface area contributed by atoms with Gasteiger partial charge in [0.2, 0.25) is 6.79 Å². The number of aryl methyl sites for hydroxylation is 1. The van der Waals surface area contributed by atoms with Gasteiger partial charge in [-0.15, -0.1) is 0 Å². The van der Waals surface area contributed by atoms with Crippen molar-refractivity contribution in [2.45, 2.75) is 65.0 Å². The summed E-state index contributed by atoms with van der Waals surface area (Å²) in [5.41, 5.74) is 3.22. The van der Waals surface area contributed by atoms with Crippen LogP contribution in [0.15, 0.2) is 60.8 Å². The van der Waals surface area contributed by atoms with Gasteiger partial charge in [-0.1, -0.05) is 12.1 Å². The number of rotatable bonds is 9. The van der Waals surface area contributed by atoms with Crippen molar-refractivity contribution >= 4 is 28.8 Å². The van der Waals surface area contributed by atoms with E-state index in [0.29, 0.717) is 43.5 Å². The number of pyridine rings is 1. The van der Waals surface area contributed by atoms with E-state index in [0.717, 1.165) is 46.3 Å². The zero-order valence-corrected chi connectivity index (χ0v) is 26.2. The van der Waals surface area contributed by atoms with E-state index in [1.807, 2.05) is 75.5 Å². The summed E-state index contributed by atoms with van der Waals surface area (Å²) in [6.07, 6.45) is 4.13. The number of benzene rings is 2. The molecule has 1 amide bonds. The topological polar surface area (TPSA) is 101 Å². The van der Waals surface area contributed by atoms with Gasteiger partial charge in [-0.2, -0.15) is 0 Å². The molecule has 4 heterocycles. The maximum absolute atomic E-state index is 12.8. The van der Waals surface area contributed by atoms with E-state index >= 15 is 0 Å². The molecule has 0 aliphatic carbocycles. The summed E-state index contributed by atoms with van der Waals surface area (Å²) in [6.45, 7) is 8.92. The van der Waals surface area contributed by atoms with E-state index in [4.69, 9.17) is 28.7 Å². The quantitative estimate of drug-likeness (QED) is 0.194. The molecule has 0 saturated heterocycles. The van der Waals surface area contributed by atoms with E-state index < -0.39 is 5.60 Å². The molecule has 4 aromatic rings. The minimum atomic E-state index is -0.573. The molecular weight excluding hydrogens is 574 g/mol. The lowest BCUT2D eigenvalue weighted by molar-refractivity contribution is -0.143. The summed E-state index contributed by atoms with van der Waals surface area (Å²) in [6, 6.07) is 17.5. The third-order valence-corrected chi connectivity index (χ3v) is 7.81. The Morgan fingerprint density at radius 3 is 2.69 bits per heavy atom. The molecule has 0 spiro atoms. The first-order valence-electron chi connectivity index (χ1n) is 15.5. The number of hydrogen-bond donors (Lipinski definition) is 0. The van der Waals surface area contributed by atoms with Crippen molar-refractivity contribution in [1.29, 1.82) is 0 Å². The van der Waals surface area contributed by atoms with Crippen LogP contribution >= 0.6 is 0 Å². The van der Waals surface area contributed by atoms with Gasteiger partial charge in [0.25, 0.3) is 0 Å². The molecule has 1 unspecified atom stereocenters. The molecule has 0 N–H and O–H groups in total. The molecule has 2 aromatic heterocycles. The van der Waals surface area contributed by atoms with E-state index in [2.05, 4.69) is 10.6 Å². The summed E-state index contributed by atoms with van der Waals surface area (Å²) in [5, 5.41) is 0.988. The number of hydrogen-bond acceptors (Lipinski definition) is 8. The van der Waals surface area contributed by atoms with Gasteiger partial charge in [0.1, 0.15) is 17.2 Å². The number of aromatic nitrogens is 2. The number of nitrogens with zero attached hydrogens (tertiary/aromatic N) is 3. The predicted molar refractivity (Wildman–Crippen MR) is 169 cm³/mol. The molecule has 6 rings (SSSR count). The van der Waals surface area contributed by atoms with Gasteiger partial charge in [-0.25, -0.2) is 9.78 Å². The van der Waals surface area contributed by atoms with Crippen LogP contribution in [0, 0.1) is 0 Å². The predicted octanol–water partition coefficient (Wildman–Crippen LogP) is 6.62. The van der Waals surface area contributed by atoms with Crippen LogP contribution in [0.4, 0.5) is 10.6 Å². The summed E-state index contributed by atoms with van der Waals surface area (Å²) < 4.78 is 30.2. The molecular formula is C35H39N3O7. The van der Waals surface area contributed by atoms with Crippen LogP contribution in [-0.4, -0.2) is 53.8 Å². The first-order valence-corrected chi connectivity index (χ1v) is 15.5. The van der Waals surface area contributed by atoms with Gasteiger partial charge >= 0.3 is 12.1 Å². The number of carbonyl (C=O) groups is 2. The van der Waals surface area contributed by atoms with Gasteiger partial charge < -0.3 is 28.3 Å². The Hall–Kier alpha value is -4.73. The first-order chi connectivity index (χ1) is 21.7. The van der Waals surface area contributed by atoms with Crippen LogP contribution in [0.2, 0.25) is 0 Å². The third kappa shape index (κ3) is 6.84.